The highest BCUT2D eigenvalue weighted by atomic mass is 32.2. The van der Waals surface area contributed by atoms with Crippen molar-refractivity contribution in [3.8, 4) is 0 Å². The fraction of sp³-hybridized carbons (Fsp3) is 0.455. The highest BCUT2D eigenvalue weighted by Crippen LogP contribution is 2.45. The molecular formula is C22H30O2S. The molecule has 2 rings (SSSR count). The number of aryl methyl sites for hydroxylation is 2. The average Bonchev–Trinajstić information content (AvgIpc) is 2.53. The van der Waals surface area contributed by atoms with Crippen LogP contribution in [0.1, 0.15) is 56.9 Å². The van der Waals surface area contributed by atoms with Crippen molar-refractivity contribution in [3.05, 3.63) is 70.8 Å². The maximum Gasteiger partial charge on any atom is 0.131 e. The fourth-order valence-electron chi connectivity index (χ4n) is 3.35. The Morgan fingerprint density at radius 1 is 0.720 bits per heavy atom. The summed E-state index contributed by atoms with van der Waals surface area (Å²) in [5, 5.41) is 12.0. The lowest BCUT2D eigenvalue weighted by Gasteiger charge is -2.45. The van der Waals surface area contributed by atoms with Gasteiger partial charge in [0.15, 0.2) is 0 Å². The molecule has 136 valence electrons. The summed E-state index contributed by atoms with van der Waals surface area (Å²) in [5.41, 5.74) is 2.44. The smallest absolute Gasteiger partial charge is 0.131 e. The quantitative estimate of drug-likeness (QED) is 0.847. The van der Waals surface area contributed by atoms with E-state index in [0.29, 0.717) is 0 Å². The first-order valence-electron chi connectivity index (χ1n) is 8.69. The van der Waals surface area contributed by atoms with Crippen LogP contribution in [0.15, 0.2) is 48.5 Å². The highest BCUT2D eigenvalue weighted by Gasteiger charge is 2.52. The number of hydrogen-bond acceptors (Lipinski definition) is 2. The van der Waals surface area contributed by atoms with Gasteiger partial charge in [-0.15, -0.1) is 0 Å². The van der Waals surface area contributed by atoms with E-state index in [9.17, 15) is 9.32 Å². The average molecular weight is 359 g/mol. The number of rotatable bonds is 4. The van der Waals surface area contributed by atoms with Crippen LogP contribution in [0.4, 0.5) is 0 Å². The van der Waals surface area contributed by atoms with Gasteiger partial charge in [0.05, 0.1) is 4.75 Å². The second-order valence-corrected chi connectivity index (χ2v) is 11.1. The molecule has 0 heterocycles. The van der Waals surface area contributed by atoms with E-state index in [1.54, 1.807) is 0 Å². The first-order chi connectivity index (χ1) is 11.4. The standard InChI is InChI=1S/C22H30O2S/c1-16-8-12-18(13-9-16)22(23,19-14-10-17(2)11-15-19)21(6,7)25(24)20(3,4)5/h8-15,23H,1-7H3. The summed E-state index contributed by atoms with van der Waals surface area (Å²) >= 11 is 0. The Labute approximate surface area is 154 Å². The van der Waals surface area contributed by atoms with Crippen molar-refractivity contribution in [1.29, 1.82) is 0 Å². The third-order valence-electron chi connectivity index (χ3n) is 4.83. The third kappa shape index (κ3) is 3.58. The van der Waals surface area contributed by atoms with E-state index >= 15 is 0 Å². The van der Waals surface area contributed by atoms with Gasteiger partial charge in [-0.05, 0) is 59.6 Å². The first-order valence-corrected chi connectivity index (χ1v) is 9.84. The summed E-state index contributed by atoms with van der Waals surface area (Å²) in [6.07, 6.45) is 0. The van der Waals surface area contributed by atoms with Crippen molar-refractivity contribution in [2.45, 2.75) is 63.6 Å². The Morgan fingerprint density at radius 3 is 1.32 bits per heavy atom. The van der Waals surface area contributed by atoms with Crippen molar-refractivity contribution < 1.29 is 9.32 Å². The number of hydrogen-bond donors (Lipinski definition) is 1. The Hall–Kier alpha value is -1.45. The van der Waals surface area contributed by atoms with Crippen LogP contribution in [-0.4, -0.2) is 18.8 Å². The molecule has 0 bridgehead atoms. The van der Waals surface area contributed by atoms with Gasteiger partial charge in [0.1, 0.15) is 5.60 Å². The third-order valence-corrected chi connectivity index (χ3v) is 7.16. The lowest BCUT2D eigenvalue weighted by atomic mass is 9.76. The van der Waals surface area contributed by atoms with Crippen LogP contribution in [0, 0.1) is 13.8 Å². The predicted octanol–water partition coefficient (Wildman–Crippen LogP) is 4.87. The van der Waals surface area contributed by atoms with Gasteiger partial charge in [-0.1, -0.05) is 59.7 Å². The van der Waals surface area contributed by atoms with Gasteiger partial charge in [-0.25, -0.2) is 0 Å². The molecule has 1 N–H and O–H groups in total. The molecule has 3 heteroatoms. The van der Waals surface area contributed by atoms with Gasteiger partial charge in [-0.2, -0.15) is 0 Å². The van der Waals surface area contributed by atoms with Gasteiger partial charge in [-0.3, -0.25) is 4.21 Å². The Bertz CT molecular complexity index is 705. The summed E-state index contributed by atoms with van der Waals surface area (Å²) in [5.74, 6) is 0. The molecule has 0 saturated heterocycles. The van der Waals surface area contributed by atoms with E-state index in [0.717, 1.165) is 22.3 Å². The molecule has 0 spiro atoms. The molecule has 25 heavy (non-hydrogen) atoms. The van der Waals surface area contributed by atoms with Gasteiger partial charge in [0.25, 0.3) is 0 Å². The zero-order chi connectivity index (χ0) is 19.0. The van der Waals surface area contributed by atoms with Crippen LogP contribution < -0.4 is 0 Å². The van der Waals surface area contributed by atoms with Crippen LogP contribution in [0.3, 0.4) is 0 Å². The maximum atomic E-state index is 13.4. The van der Waals surface area contributed by atoms with Crippen LogP contribution in [-0.2, 0) is 16.4 Å². The molecule has 1 unspecified atom stereocenters. The molecule has 0 saturated carbocycles. The van der Waals surface area contributed by atoms with Crippen molar-refractivity contribution in [1.82, 2.24) is 0 Å². The molecule has 0 amide bonds. The lowest BCUT2D eigenvalue weighted by Crippen LogP contribution is -2.55. The molecule has 0 aliphatic carbocycles. The molecule has 0 fully saturated rings. The summed E-state index contributed by atoms with van der Waals surface area (Å²) in [4.78, 5) is 0. The van der Waals surface area contributed by atoms with E-state index < -0.39 is 25.9 Å². The first kappa shape index (κ1) is 19.9. The minimum atomic E-state index is -1.35. The zero-order valence-electron chi connectivity index (χ0n) is 16.4. The Kier molecular flexibility index (Phi) is 5.32. The van der Waals surface area contributed by atoms with Crippen molar-refractivity contribution in [2.24, 2.45) is 0 Å². The largest absolute Gasteiger partial charge is 0.379 e. The van der Waals surface area contributed by atoms with Crippen molar-refractivity contribution in [2.75, 3.05) is 0 Å². The Balaban J connectivity index is 2.74. The molecule has 0 aliphatic rings. The fourth-order valence-corrected chi connectivity index (χ4v) is 5.39. The molecule has 2 aromatic carbocycles. The molecule has 2 aromatic rings. The predicted molar refractivity (Wildman–Crippen MR) is 107 cm³/mol. The van der Waals surface area contributed by atoms with Gasteiger partial charge >= 0.3 is 0 Å². The SMILES string of the molecule is Cc1ccc(C(O)(c2ccc(C)cc2)C(C)(C)S(=O)C(C)(C)C)cc1. The van der Waals surface area contributed by atoms with Gasteiger partial charge in [0.2, 0.25) is 0 Å². The lowest BCUT2D eigenvalue weighted by molar-refractivity contribution is 0.0460. The molecule has 0 aromatic heterocycles. The molecule has 0 radical (unpaired) electrons. The molecule has 2 nitrogen and oxygen atoms in total. The summed E-state index contributed by atoms with van der Waals surface area (Å²) in [7, 11) is -1.28. The Morgan fingerprint density at radius 2 is 1.04 bits per heavy atom. The van der Waals surface area contributed by atoms with Crippen LogP contribution >= 0.6 is 0 Å². The van der Waals surface area contributed by atoms with Crippen LogP contribution in [0.25, 0.3) is 0 Å². The van der Waals surface area contributed by atoms with Crippen molar-refractivity contribution >= 4 is 10.8 Å². The summed E-state index contributed by atoms with van der Waals surface area (Å²) in [6.45, 7) is 13.7. The van der Waals surface area contributed by atoms with E-state index in [2.05, 4.69) is 0 Å². The van der Waals surface area contributed by atoms with Crippen LogP contribution in [0.5, 0.6) is 0 Å². The normalized spacial score (nSPS) is 14.4. The summed E-state index contributed by atoms with van der Waals surface area (Å²) < 4.78 is 12.0. The minimum absolute atomic E-state index is 0.438. The molecular weight excluding hydrogens is 328 g/mol. The van der Waals surface area contributed by atoms with Gasteiger partial charge in [0, 0.05) is 15.5 Å². The molecule has 0 aliphatic heterocycles. The monoisotopic (exact) mass is 358 g/mol. The van der Waals surface area contributed by atoms with E-state index in [1.165, 1.54) is 0 Å². The summed E-state index contributed by atoms with van der Waals surface area (Å²) in [6, 6.07) is 15.7. The minimum Gasteiger partial charge on any atom is -0.379 e. The van der Waals surface area contributed by atoms with Gasteiger partial charge < -0.3 is 5.11 Å². The van der Waals surface area contributed by atoms with Crippen LogP contribution in [0.2, 0.25) is 0 Å². The van der Waals surface area contributed by atoms with E-state index in [-0.39, 0.29) is 0 Å². The second-order valence-electron chi connectivity index (χ2n) is 8.33. The van der Waals surface area contributed by atoms with Crippen molar-refractivity contribution in [3.63, 3.8) is 0 Å². The maximum absolute atomic E-state index is 13.4. The second kappa shape index (κ2) is 6.69. The topological polar surface area (TPSA) is 37.3 Å². The molecule has 1 atom stereocenters. The number of benzene rings is 2. The van der Waals surface area contributed by atoms with E-state index in [1.807, 2.05) is 97.0 Å². The number of aliphatic hydroxyl groups is 1. The highest BCUT2D eigenvalue weighted by molar-refractivity contribution is 7.87. The zero-order valence-corrected chi connectivity index (χ0v) is 17.2. The van der Waals surface area contributed by atoms with E-state index in [4.69, 9.17) is 0 Å².